The van der Waals surface area contributed by atoms with Crippen LogP contribution in [0, 0.1) is 12.8 Å². The van der Waals surface area contributed by atoms with E-state index in [2.05, 4.69) is 62.9 Å². The fraction of sp³-hybridized carbons (Fsp3) is 0.500. The third-order valence-electron chi connectivity index (χ3n) is 7.20. The third-order valence-corrected chi connectivity index (χ3v) is 7.20. The van der Waals surface area contributed by atoms with Crippen molar-refractivity contribution in [2.24, 2.45) is 5.92 Å². The number of unbranched alkanes of at least 4 members (excludes halogenated alkanes) is 2. The molecular formula is C30H40O3. The van der Waals surface area contributed by atoms with Crippen LogP contribution in [-0.4, -0.2) is 24.3 Å². The van der Waals surface area contributed by atoms with Crippen LogP contribution >= 0.6 is 0 Å². The summed E-state index contributed by atoms with van der Waals surface area (Å²) in [6.45, 7) is 7.79. The topological polar surface area (TPSA) is 46.5 Å². The summed E-state index contributed by atoms with van der Waals surface area (Å²) < 4.78 is 5.17. The Kier molecular flexibility index (Phi) is 9.75. The number of carbonyl (C=O) groups excluding carboxylic acids is 1. The van der Waals surface area contributed by atoms with Gasteiger partial charge in [-0.1, -0.05) is 81.7 Å². The van der Waals surface area contributed by atoms with Gasteiger partial charge >= 0.3 is 5.97 Å². The highest BCUT2D eigenvalue weighted by atomic mass is 16.5. The molecule has 1 N–H and O–H groups in total. The van der Waals surface area contributed by atoms with Gasteiger partial charge in [-0.15, -0.1) is 0 Å². The summed E-state index contributed by atoms with van der Waals surface area (Å²) in [6.07, 6.45) is 11.6. The van der Waals surface area contributed by atoms with E-state index in [4.69, 9.17) is 9.84 Å². The molecule has 178 valence electrons. The first-order chi connectivity index (χ1) is 16.0. The fourth-order valence-electron chi connectivity index (χ4n) is 4.99. The first kappa shape index (κ1) is 25.2. The lowest BCUT2D eigenvalue weighted by atomic mass is 9.77. The predicted octanol–water partition coefficient (Wildman–Crippen LogP) is 7.15. The van der Waals surface area contributed by atoms with Gasteiger partial charge in [0.15, 0.2) is 0 Å². The van der Waals surface area contributed by atoms with E-state index in [1.807, 2.05) is 0 Å². The van der Waals surface area contributed by atoms with Crippen molar-refractivity contribution in [1.82, 2.24) is 0 Å². The number of benzene rings is 2. The van der Waals surface area contributed by atoms with Gasteiger partial charge in [-0.2, -0.15) is 0 Å². The van der Waals surface area contributed by atoms with Gasteiger partial charge in [0.25, 0.3) is 0 Å². The van der Waals surface area contributed by atoms with Crippen LogP contribution < -0.4 is 0 Å². The van der Waals surface area contributed by atoms with Gasteiger partial charge in [-0.3, -0.25) is 0 Å². The van der Waals surface area contributed by atoms with Crippen molar-refractivity contribution in [3.63, 3.8) is 0 Å². The smallest absolute Gasteiger partial charge is 0.335 e. The second-order valence-corrected chi connectivity index (χ2v) is 9.62. The van der Waals surface area contributed by atoms with E-state index >= 15 is 0 Å². The second-order valence-electron chi connectivity index (χ2n) is 9.62. The minimum atomic E-state index is -0.531. The molecule has 0 radical (unpaired) electrons. The molecule has 2 aromatic carbocycles. The highest BCUT2D eigenvalue weighted by molar-refractivity contribution is 5.87. The Morgan fingerprint density at radius 1 is 1.03 bits per heavy atom. The van der Waals surface area contributed by atoms with Crippen molar-refractivity contribution in [1.29, 1.82) is 0 Å². The first-order valence-corrected chi connectivity index (χ1v) is 12.7. The number of ether oxygens (including phenoxy) is 1. The Morgan fingerprint density at radius 2 is 1.73 bits per heavy atom. The third kappa shape index (κ3) is 7.30. The average Bonchev–Trinajstić information content (AvgIpc) is 2.85. The van der Waals surface area contributed by atoms with Gasteiger partial charge in [0.2, 0.25) is 0 Å². The zero-order valence-electron chi connectivity index (χ0n) is 20.4. The molecule has 0 saturated heterocycles. The number of esters is 1. The van der Waals surface area contributed by atoms with E-state index in [1.54, 1.807) is 0 Å². The van der Waals surface area contributed by atoms with Gasteiger partial charge in [0.1, 0.15) is 0 Å². The minimum absolute atomic E-state index is 0.0885. The molecule has 0 aromatic heterocycles. The van der Waals surface area contributed by atoms with Crippen molar-refractivity contribution in [2.45, 2.75) is 77.6 Å². The molecule has 0 heterocycles. The molecule has 33 heavy (non-hydrogen) atoms. The molecule has 0 bridgehead atoms. The van der Waals surface area contributed by atoms with Crippen LogP contribution in [0.15, 0.2) is 54.6 Å². The lowest BCUT2D eigenvalue weighted by molar-refractivity contribution is -0.139. The average molecular weight is 449 g/mol. The quantitative estimate of drug-likeness (QED) is 0.225. The van der Waals surface area contributed by atoms with Crippen LogP contribution in [0.25, 0.3) is 11.1 Å². The molecular weight excluding hydrogens is 408 g/mol. The standard InChI is InChI=1S/C30H40O3/c1-4-5-6-7-24-8-10-26(11-9-24)27-13-15-28(16-14-27)29-17-12-25(22(2)20-29)18-19-33-30(32)23(3)21-31/h12-17,20,24,26,31H,3-11,18-19,21H2,1-2H3. The van der Waals surface area contributed by atoms with Crippen LogP contribution in [0.4, 0.5) is 0 Å². The lowest BCUT2D eigenvalue weighted by Crippen LogP contribution is -2.13. The van der Waals surface area contributed by atoms with E-state index < -0.39 is 5.97 Å². The van der Waals surface area contributed by atoms with Gasteiger partial charge < -0.3 is 9.84 Å². The molecule has 0 atom stereocenters. The van der Waals surface area contributed by atoms with Gasteiger partial charge in [0.05, 0.1) is 18.8 Å². The van der Waals surface area contributed by atoms with Gasteiger partial charge in [0, 0.05) is 6.42 Å². The molecule has 0 spiro atoms. The van der Waals surface area contributed by atoms with Crippen molar-refractivity contribution in [3.05, 3.63) is 71.3 Å². The maximum Gasteiger partial charge on any atom is 0.335 e. The highest BCUT2D eigenvalue weighted by Gasteiger charge is 2.22. The molecule has 0 aliphatic heterocycles. The second kappa shape index (κ2) is 12.7. The van der Waals surface area contributed by atoms with Crippen molar-refractivity contribution in [3.8, 4) is 11.1 Å². The summed E-state index contributed by atoms with van der Waals surface area (Å²) >= 11 is 0. The van der Waals surface area contributed by atoms with E-state index in [0.717, 1.165) is 17.4 Å². The highest BCUT2D eigenvalue weighted by Crippen LogP contribution is 2.38. The Bertz CT molecular complexity index is 905. The Balaban J connectivity index is 1.53. The number of hydrogen-bond donors (Lipinski definition) is 1. The number of aryl methyl sites for hydroxylation is 1. The van der Waals surface area contributed by atoms with E-state index in [0.29, 0.717) is 6.42 Å². The molecule has 1 aliphatic rings. The molecule has 3 nitrogen and oxygen atoms in total. The Hall–Kier alpha value is -2.39. The van der Waals surface area contributed by atoms with E-state index in [1.165, 1.54) is 73.6 Å². The summed E-state index contributed by atoms with van der Waals surface area (Å²) in [5.74, 6) is 1.14. The van der Waals surface area contributed by atoms with Crippen molar-refractivity contribution < 1.29 is 14.6 Å². The van der Waals surface area contributed by atoms with Crippen LogP contribution in [-0.2, 0) is 16.0 Å². The lowest BCUT2D eigenvalue weighted by Gasteiger charge is -2.29. The van der Waals surface area contributed by atoms with Crippen LogP contribution in [0.1, 0.15) is 80.9 Å². The molecule has 1 saturated carbocycles. The SMILES string of the molecule is C=C(CO)C(=O)OCCc1ccc(-c2ccc(C3CCC(CCCCC)CC3)cc2)cc1C. The monoisotopic (exact) mass is 448 g/mol. The van der Waals surface area contributed by atoms with Crippen LogP contribution in [0.3, 0.4) is 0 Å². The summed E-state index contributed by atoms with van der Waals surface area (Å²) in [6, 6.07) is 15.7. The van der Waals surface area contributed by atoms with Crippen molar-refractivity contribution >= 4 is 5.97 Å². The summed E-state index contributed by atoms with van der Waals surface area (Å²) in [7, 11) is 0. The molecule has 0 unspecified atom stereocenters. The zero-order valence-corrected chi connectivity index (χ0v) is 20.4. The molecule has 3 heteroatoms. The minimum Gasteiger partial charge on any atom is -0.462 e. The molecule has 3 rings (SSSR count). The predicted molar refractivity (Wildman–Crippen MR) is 136 cm³/mol. The maximum atomic E-state index is 11.6. The Morgan fingerprint density at radius 3 is 2.36 bits per heavy atom. The molecule has 1 fully saturated rings. The molecule has 2 aromatic rings. The number of hydrogen-bond acceptors (Lipinski definition) is 3. The number of rotatable bonds is 11. The summed E-state index contributed by atoms with van der Waals surface area (Å²) in [4.78, 5) is 11.6. The first-order valence-electron chi connectivity index (χ1n) is 12.7. The summed E-state index contributed by atoms with van der Waals surface area (Å²) in [5.41, 5.74) is 6.39. The molecule has 1 aliphatic carbocycles. The zero-order chi connectivity index (χ0) is 23.6. The van der Waals surface area contributed by atoms with Crippen molar-refractivity contribution in [2.75, 3.05) is 13.2 Å². The molecule has 0 amide bonds. The van der Waals surface area contributed by atoms with Crippen LogP contribution in [0.2, 0.25) is 0 Å². The summed E-state index contributed by atoms with van der Waals surface area (Å²) in [5, 5.41) is 8.94. The number of aliphatic hydroxyl groups excluding tert-OH is 1. The maximum absolute atomic E-state index is 11.6. The van der Waals surface area contributed by atoms with Gasteiger partial charge in [-0.05, 0) is 72.3 Å². The normalized spacial score (nSPS) is 18.2. The largest absolute Gasteiger partial charge is 0.462 e. The van der Waals surface area contributed by atoms with Gasteiger partial charge in [-0.25, -0.2) is 4.79 Å². The number of carbonyl (C=O) groups is 1. The Labute approximate surface area is 199 Å². The van der Waals surface area contributed by atoms with E-state index in [9.17, 15) is 4.79 Å². The number of aliphatic hydroxyl groups is 1. The van der Waals surface area contributed by atoms with E-state index in [-0.39, 0.29) is 18.8 Å². The fourth-order valence-corrected chi connectivity index (χ4v) is 4.99. The van der Waals surface area contributed by atoms with Crippen LogP contribution in [0.5, 0.6) is 0 Å².